The molecule has 32 heavy (non-hydrogen) atoms. The summed E-state index contributed by atoms with van der Waals surface area (Å²) in [5, 5.41) is 2.76. The molecule has 2 heterocycles. The largest absolute Gasteiger partial charge is 0.486 e. The van der Waals surface area contributed by atoms with Crippen LogP contribution in [0.3, 0.4) is 0 Å². The van der Waals surface area contributed by atoms with Crippen LogP contribution in [0.1, 0.15) is 60.8 Å². The van der Waals surface area contributed by atoms with Gasteiger partial charge in [0.05, 0.1) is 17.6 Å². The maximum atomic E-state index is 12.6. The molecule has 0 aliphatic heterocycles. The van der Waals surface area contributed by atoms with Gasteiger partial charge in [-0.25, -0.2) is 4.79 Å². The van der Waals surface area contributed by atoms with Gasteiger partial charge in [-0.1, -0.05) is 25.5 Å². The summed E-state index contributed by atoms with van der Waals surface area (Å²) in [6.45, 7) is 3.84. The second-order valence-corrected chi connectivity index (χ2v) is 8.04. The van der Waals surface area contributed by atoms with E-state index in [4.69, 9.17) is 19.6 Å². The number of hydrogen-bond donors (Lipinski definition) is 2. The van der Waals surface area contributed by atoms with Crippen LogP contribution in [0.25, 0.3) is 0 Å². The molecule has 0 radical (unpaired) electrons. The first-order chi connectivity index (χ1) is 15.3. The lowest BCUT2D eigenvalue weighted by Gasteiger charge is -2.06. The Kier molecular flexibility index (Phi) is 7.32. The molecule has 2 amide bonds. The summed E-state index contributed by atoms with van der Waals surface area (Å²) in [5.41, 5.74) is 7.04. The number of carbonyl (C=O) groups excluding carboxylic acids is 3. The van der Waals surface area contributed by atoms with Crippen molar-refractivity contribution in [2.45, 2.75) is 33.3 Å². The monoisotopic (exact) mass is 456 g/mol. The van der Waals surface area contributed by atoms with E-state index in [9.17, 15) is 14.4 Å². The van der Waals surface area contributed by atoms with Crippen molar-refractivity contribution >= 4 is 34.1 Å². The van der Waals surface area contributed by atoms with E-state index in [0.29, 0.717) is 17.1 Å². The van der Waals surface area contributed by atoms with Crippen molar-refractivity contribution in [2.75, 3.05) is 12.4 Å². The average Bonchev–Trinajstić information content (AvgIpc) is 3.38. The fourth-order valence-electron chi connectivity index (χ4n) is 3.12. The molecule has 1 aromatic carbocycles. The molecule has 0 unspecified atom stereocenters. The second-order valence-electron chi connectivity index (χ2n) is 7.02. The molecular formula is C23H24N2O6S. The Balaban J connectivity index is 1.69. The van der Waals surface area contributed by atoms with Crippen LogP contribution in [0, 0.1) is 6.92 Å². The number of thiophene rings is 1. The number of benzene rings is 1. The molecule has 0 aliphatic carbocycles. The van der Waals surface area contributed by atoms with Gasteiger partial charge in [0.1, 0.15) is 23.1 Å². The third-order valence-electron chi connectivity index (χ3n) is 4.72. The first-order valence-electron chi connectivity index (χ1n) is 9.97. The predicted molar refractivity (Wildman–Crippen MR) is 120 cm³/mol. The van der Waals surface area contributed by atoms with Crippen LogP contribution in [-0.2, 0) is 17.8 Å². The van der Waals surface area contributed by atoms with Crippen molar-refractivity contribution in [3.8, 4) is 5.75 Å². The molecule has 9 heteroatoms. The number of hydrogen-bond acceptors (Lipinski definition) is 7. The number of rotatable bonds is 9. The molecule has 2 aromatic heterocycles. The molecule has 0 spiro atoms. The summed E-state index contributed by atoms with van der Waals surface area (Å²) in [5.74, 6) is -0.769. The van der Waals surface area contributed by atoms with Crippen molar-refractivity contribution in [1.29, 1.82) is 0 Å². The zero-order chi connectivity index (χ0) is 23.3. The number of carbonyl (C=O) groups is 3. The van der Waals surface area contributed by atoms with Crippen LogP contribution in [0.5, 0.6) is 5.75 Å². The first kappa shape index (κ1) is 23.1. The maximum absolute atomic E-state index is 12.6. The van der Waals surface area contributed by atoms with Crippen molar-refractivity contribution in [3.63, 3.8) is 0 Å². The Morgan fingerprint density at radius 3 is 2.47 bits per heavy atom. The quantitative estimate of drug-likeness (QED) is 0.463. The first-order valence-corrected chi connectivity index (χ1v) is 10.8. The summed E-state index contributed by atoms with van der Waals surface area (Å²) in [6, 6.07) is 11.0. The maximum Gasteiger partial charge on any atom is 0.341 e. The van der Waals surface area contributed by atoms with Crippen LogP contribution in [0.2, 0.25) is 0 Å². The summed E-state index contributed by atoms with van der Waals surface area (Å²) in [6.07, 6.45) is 2.09. The van der Waals surface area contributed by atoms with Crippen LogP contribution >= 0.6 is 11.3 Å². The summed E-state index contributed by atoms with van der Waals surface area (Å²) in [7, 11) is 1.21. The number of amides is 2. The summed E-state index contributed by atoms with van der Waals surface area (Å²) in [4.78, 5) is 36.6. The van der Waals surface area contributed by atoms with Gasteiger partial charge in [-0.3, -0.25) is 9.59 Å². The highest BCUT2D eigenvalue weighted by Crippen LogP contribution is 2.33. The van der Waals surface area contributed by atoms with Gasteiger partial charge in [-0.2, -0.15) is 0 Å². The Morgan fingerprint density at radius 2 is 1.84 bits per heavy atom. The van der Waals surface area contributed by atoms with Gasteiger partial charge in [0.2, 0.25) is 0 Å². The minimum atomic E-state index is -0.696. The van der Waals surface area contributed by atoms with Crippen molar-refractivity contribution in [3.05, 3.63) is 69.5 Å². The molecular weight excluding hydrogens is 432 g/mol. The standard InChI is InChI=1S/C23H24N2O6S/c1-4-5-14-6-8-15(9-7-14)30-12-16-10-11-17(31-16)21(27)25-22-18(23(28)29-3)13(2)19(32-22)20(24)26/h6-11H,4-5,12H2,1-3H3,(H2,24,26)(H,25,27). The lowest BCUT2D eigenvalue weighted by molar-refractivity contribution is 0.0601. The van der Waals surface area contributed by atoms with E-state index < -0.39 is 17.8 Å². The fourth-order valence-corrected chi connectivity index (χ4v) is 4.16. The van der Waals surface area contributed by atoms with Gasteiger partial charge in [-0.15, -0.1) is 11.3 Å². The number of ether oxygens (including phenoxy) is 2. The van der Waals surface area contributed by atoms with Gasteiger partial charge in [0.15, 0.2) is 5.76 Å². The second kappa shape index (κ2) is 10.1. The van der Waals surface area contributed by atoms with Crippen molar-refractivity contribution in [1.82, 2.24) is 0 Å². The number of anilines is 1. The number of nitrogens with two attached hydrogens (primary N) is 1. The Labute approximate surface area is 189 Å². The lowest BCUT2D eigenvalue weighted by atomic mass is 10.1. The van der Waals surface area contributed by atoms with E-state index in [2.05, 4.69) is 12.2 Å². The van der Waals surface area contributed by atoms with E-state index in [1.807, 2.05) is 24.3 Å². The topological polar surface area (TPSA) is 121 Å². The zero-order valence-electron chi connectivity index (χ0n) is 18.0. The number of furan rings is 1. The number of nitrogens with one attached hydrogen (secondary N) is 1. The van der Waals surface area contributed by atoms with Crippen molar-refractivity contribution in [2.24, 2.45) is 5.73 Å². The number of esters is 1. The fraction of sp³-hybridized carbons (Fsp3) is 0.261. The van der Waals surface area contributed by atoms with E-state index in [0.717, 1.165) is 24.2 Å². The molecule has 3 aromatic rings. The predicted octanol–water partition coefficient (Wildman–Crippen LogP) is 4.32. The van der Waals surface area contributed by atoms with Gasteiger partial charge >= 0.3 is 5.97 Å². The molecule has 0 saturated carbocycles. The molecule has 0 atom stereocenters. The van der Waals surface area contributed by atoms with Gasteiger partial charge in [-0.05, 0) is 48.7 Å². The van der Waals surface area contributed by atoms with Gasteiger partial charge < -0.3 is 24.9 Å². The third-order valence-corrected chi connectivity index (χ3v) is 5.94. The Hall–Kier alpha value is -3.59. The summed E-state index contributed by atoms with van der Waals surface area (Å²) >= 11 is 0.906. The number of methoxy groups -OCH3 is 1. The molecule has 0 aliphatic rings. The minimum Gasteiger partial charge on any atom is -0.486 e. The average molecular weight is 457 g/mol. The van der Waals surface area contributed by atoms with Crippen LogP contribution < -0.4 is 15.8 Å². The molecule has 3 rings (SSSR count). The highest BCUT2D eigenvalue weighted by molar-refractivity contribution is 7.18. The molecule has 3 N–H and O–H groups in total. The van der Waals surface area contributed by atoms with Crippen LogP contribution in [-0.4, -0.2) is 24.9 Å². The lowest BCUT2D eigenvalue weighted by Crippen LogP contribution is -2.14. The summed E-state index contributed by atoms with van der Waals surface area (Å²) < 4.78 is 16.0. The number of primary amides is 1. The van der Waals surface area contributed by atoms with Crippen LogP contribution in [0.4, 0.5) is 5.00 Å². The van der Waals surface area contributed by atoms with Gasteiger partial charge in [0, 0.05) is 0 Å². The minimum absolute atomic E-state index is 0.0318. The molecule has 168 valence electrons. The van der Waals surface area contributed by atoms with Gasteiger partial charge in [0.25, 0.3) is 11.8 Å². The molecule has 8 nitrogen and oxygen atoms in total. The van der Waals surface area contributed by atoms with E-state index in [1.165, 1.54) is 18.7 Å². The number of aryl methyl sites for hydroxylation is 1. The molecule has 0 fully saturated rings. The Bertz CT molecular complexity index is 1130. The van der Waals surface area contributed by atoms with Crippen molar-refractivity contribution < 1.29 is 28.3 Å². The molecule has 0 bridgehead atoms. The van der Waals surface area contributed by atoms with E-state index in [-0.39, 0.29) is 27.8 Å². The zero-order valence-corrected chi connectivity index (χ0v) is 18.8. The normalized spacial score (nSPS) is 10.6. The molecule has 0 saturated heterocycles. The van der Waals surface area contributed by atoms with Crippen LogP contribution in [0.15, 0.2) is 40.8 Å². The highest BCUT2D eigenvalue weighted by atomic mass is 32.1. The SMILES string of the molecule is CCCc1ccc(OCc2ccc(C(=O)Nc3sc(C(N)=O)c(C)c3C(=O)OC)o2)cc1. The van der Waals surface area contributed by atoms with E-state index >= 15 is 0 Å². The van der Waals surface area contributed by atoms with E-state index in [1.54, 1.807) is 13.0 Å². The Morgan fingerprint density at radius 1 is 1.12 bits per heavy atom. The highest BCUT2D eigenvalue weighted by Gasteiger charge is 2.26. The third kappa shape index (κ3) is 5.17. The smallest absolute Gasteiger partial charge is 0.341 e.